The molecule has 1 aliphatic rings. The molecule has 0 aromatic carbocycles. The molecule has 1 rings (SSSR count). The van der Waals surface area contributed by atoms with E-state index in [1.165, 1.54) is 30.1 Å². The molecule has 32 heavy (non-hydrogen) atoms. The highest BCUT2D eigenvalue weighted by Crippen LogP contribution is 2.41. The van der Waals surface area contributed by atoms with Gasteiger partial charge in [0.25, 0.3) is 0 Å². The second kappa shape index (κ2) is 11.5. The normalized spacial score (nSPS) is 19.8. The molecule has 0 saturated heterocycles. The summed E-state index contributed by atoms with van der Waals surface area (Å²) in [5, 5.41) is 0. The molecule has 7 heteroatoms. The molecule has 0 saturated carbocycles. The van der Waals surface area contributed by atoms with Gasteiger partial charge in [-0.25, -0.2) is 4.57 Å². The van der Waals surface area contributed by atoms with E-state index in [0.717, 1.165) is 12.0 Å². The predicted octanol–water partition coefficient (Wildman–Crippen LogP) is 5.27. The number of phosphoric ester groups is 1. The van der Waals surface area contributed by atoms with Gasteiger partial charge in [-0.1, -0.05) is 55.4 Å². The van der Waals surface area contributed by atoms with Crippen LogP contribution >= 0.6 is 7.82 Å². The van der Waals surface area contributed by atoms with E-state index < -0.39 is 19.7 Å². The van der Waals surface area contributed by atoms with Crippen LogP contribution in [0.25, 0.3) is 0 Å². The van der Waals surface area contributed by atoms with Gasteiger partial charge in [-0.15, -0.1) is 0 Å². The lowest BCUT2D eigenvalue weighted by molar-refractivity contribution is -0.872. The molecule has 0 bridgehead atoms. The van der Waals surface area contributed by atoms with Crippen LogP contribution in [0.3, 0.4) is 0 Å². The summed E-state index contributed by atoms with van der Waals surface area (Å²) in [7, 11) is 0.707. The number of likely N-dealkylation sites (N-methyl/N-ethyl adjacent to an activating group) is 1. The fourth-order valence-corrected chi connectivity index (χ4v) is 4.34. The van der Waals surface area contributed by atoms with Crippen LogP contribution < -0.4 is 0 Å². The number of quaternary nitrogens is 1. The Bertz CT molecular complexity index is 878. The highest BCUT2D eigenvalue weighted by molar-refractivity contribution is 7.46. The molecule has 180 valence electrons. The van der Waals surface area contributed by atoms with E-state index in [1.807, 2.05) is 40.2 Å². The van der Waals surface area contributed by atoms with Gasteiger partial charge in [-0.05, 0) is 62.7 Å². The smallest absolute Gasteiger partial charge is 0.328 e. The van der Waals surface area contributed by atoms with Crippen molar-refractivity contribution in [3.05, 3.63) is 58.7 Å². The molecule has 0 radical (unpaired) electrons. The van der Waals surface area contributed by atoms with Crippen LogP contribution in [0.15, 0.2) is 58.7 Å². The van der Waals surface area contributed by atoms with E-state index in [1.54, 1.807) is 13.0 Å². The summed E-state index contributed by atoms with van der Waals surface area (Å²) < 4.78 is 16.3. The Morgan fingerprint density at radius 2 is 1.81 bits per heavy atom. The average molecular weight is 467 g/mol. The monoisotopic (exact) mass is 466 g/mol. The van der Waals surface area contributed by atoms with Crippen molar-refractivity contribution in [2.45, 2.75) is 60.0 Å². The quantitative estimate of drug-likeness (QED) is 0.198. The summed E-state index contributed by atoms with van der Waals surface area (Å²) in [5.41, 5.74) is 4.84. The molecule has 6 nitrogen and oxygen atoms in total. The summed E-state index contributed by atoms with van der Waals surface area (Å²) in [4.78, 5) is 30.8. The van der Waals surface area contributed by atoms with Crippen LogP contribution in [0.5, 0.6) is 0 Å². The van der Waals surface area contributed by atoms with E-state index in [2.05, 4.69) is 32.9 Å². The number of phosphoric acid groups is 1. The van der Waals surface area contributed by atoms with Crippen LogP contribution in [0.2, 0.25) is 0 Å². The van der Waals surface area contributed by atoms with Crippen LogP contribution in [-0.4, -0.2) is 53.8 Å². The van der Waals surface area contributed by atoms with Gasteiger partial charge < -0.3 is 14.3 Å². The first-order valence-electron chi connectivity index (χ1n) is 11.0. The van der Waals surface area contributed by atoms with Gasteiger partial charge in [0.2, 0.25) is 0 Å². The molecular weight excluding hydrogens is 425 g/mol. The summed E-state index contributed by atoms with van der Waals surface area (Å²) in [6.07, 6.45) is 13.7. The number of carbonyl (C=O) groups is 1. The molecule has 1 aliphatic carbocycles. The second-order valence-corrected chi connectivity index (χ2v) is 11.6. The van der Waals surface area contributed by atoms with Crippen LogP contribution in [0.4, 0.5) is 0 Å². The van der Waals surface area contributed by atoms with E-state index in [9.17, 15) is 9.36 Å². The van der Waals surface area contributed by atoms with E-state index in [0.29, 0.717) is 10.1 Å². The number of allylic oxidation sites excluding steroid dienone is 9. The van der Waals surface area contributed by atoms with Crippen LogP contribution in [0, 0.1) is 5.41 Å². The molecule has 0 aromatic heterocycles. The third-order valence-corrected chi connectivity index (χ3v) is 5.97. The van der Waals surface area contributed by atoms with Crippen LogP contribution in [-0.2, 0) is 13.9 Å². The molecule has 2 N–H and O–H groups in total. The molecule has 0 aliphatic heterocycles. The highest BCUT2D eigenvalue weighted by Gasteiger charge is 2.31. The van der Waals surface area contributed by atoms with Gasteiger partial charge in [0.15, 0.2) is 11.9 Å². The number of ketones is 1. The molecular formula is C25H41NO5P+. The van der Waals surface area contributed by atoms with Crippen molar-refractivity contribution in [1.29, 1.82) is 0 Å². The molecule has 0 spiro atoms. The standard InChI is InChI=1S/C25H40NO5P/c1-19(14-15-22-21(3)13-10-16-25(22,4)5)11-9-12-20(2)17-23(27)24(18-26(6,7)8)31-32(28,29)30/h9,11-12,14-15,17,24H,10,13,16,18H2,1-8H3,(H-,28,29,30)/p+1/t24-/m0/s1. The zero-order valence-corrected chi connectivity index (χ0v) is 21.8. The highest BCUT2D eigenvalue weighted by atomic mass is 31.2. The van der Waals surface area contributed by atoms with Gasteiger partial charge in [0.05, 0.1) is 21.1 Å². The van der Waals surface area contributed by atoms with Gasteiger partial charge >= 0.3 is 7.82 Å². The van der Waals surface area contributed by atoms with E-state index >= 15 is 0 Å². The van der Waals surface area contributed by atoms with Crippen molar-refractivity contribution in [3.63, 3.8) is 0 Å². The summed E-state index contributed by atoms with van der Waals surface area (Å²) in [5.74, 6) is -0.467. The lowest BCUT2D eigenvalue weighted by Gasteiger charge is -2.32. The maximum Gasteiger partial charge on any atom is 0.470 e. The summed E-state index contributed by atoms with van der Waals surface area (Å²) in [6, 6.07) is 0. The van der Waals surface area contributed by atoms with Crippen molar-refractivity contribution in [2.75, 3.05) is 27.7 Å². The molecule has 1 atom stereocenters. The zero-order valence-electron chi connectivity index (χ0n) is 20.9. The number of hydrogen-bond acceptors (Lipinski definition) is 3. The Hall–Kier alpha value is -1.56. The topological polar surface area (TPSA) is 83.8 Å². The van der Waals surface area contributed by atoms with Crippen molar-refractivity contribution >= 4 is 13.6 Å². The molecule has 0 unspecified atom stereocenters. The van der Waals surface area contributed by atoms with Gasteiger partial charge in [0, 0.05) is 0 Å². The van der Waals surface area contributed by atoms with Crippen LogP contribution in [0.1, 0.15) is 53.9 Å². The van der Waals surface area contributed by atoms with E-state index in [-0.39, 0.29) is 12.0 Å². The van der Waals surface area contributed by atoms with Crippen molar-refractivity contribution in [3.8, 4) is 0 Å². The zero-order chi connectivity index (χ0) is 24.7. The lowest BCUT2D eigenvalue weighted by atomic mass is 9.72. The average Bonchev–Trinajstić information content (AvgIpc) is 2.57. The third-order valence-electron chi connectivity index (χ3n) is 5.44. The van der Waals surface area contributed by atoms with Gasteiger partial charge in [0.1, 0.15) is 6.54 Å². The summed E-state index contributed by atoms with van der Waals surface area (Å²) in [6.45, 7) is 10.7. The minimum absolute atomic E-state index is 0.146. The maximum absolute atomic E-state index is 12.6. The largest absolute Gasteiger partial charge is 0.470 e. The fourth-order valence-electron chi connectivity index (χ4n) is 3.84. The molecule has 0 heterocycles. The Kier molecular flexibility index (Phi) is 10.3. The Morgan fingerprint density at radius 3 is 2.34 bits per heavy atom. The summed E-state index contributed by atoms with van der Waals surface area (Å²) >= 11 is 0. The van der Waals surface area contributed by atoms with Crippen molar-refractivity contribution in [1.82, 2.24) is 0 Å². The minimum atomic E-state index is -4.77. The minimum Gasteiger partial charge on any atom is -0.328 e. The number of rotatable bonds is 10. The number of nitrogens with zero attached hydrogens (tertiary/aromatic N) is 1. The fraction of sp³-hybridized carbons (Fsp3) is 0.560. The van der Waals surface area contributed by atoms with Crippen molar-refractivity contribution < 1.29 is 28.2 Å². The molecule has 0 fully saturated rings. The molecule has 0 amide bonds. The second-order valence-electron chi connectivity index (χ2n) is 10.4. The first-order valence-corrected chi connectivity index (χ1v) is 12.5. The Balaban J connectivity index is 2.89. The first kappa shape index (κ1) is 28.5. The third kappa shape index (κ3) is 10.8. The number of hydrogen-bond donors (Lipinski definition) is 2. The lowest BCUT2D eigenvalue weighted by Crippen LogP contribution is -2.44. The van der Waals surface area contributed by atoms with Crippen molar-refractivity contribution in [2.24, 2.45) is 5.41 Å². The molecule has 0 aromatic rings. The van der Waals surface area contributed by atoms with E-state index in [4.69, 9.17) is 14.3 Å². The Labute approximate surface area is 193 Å². The van der Waals surface area contributed by atoms with Gasteiger partial charge in [-0.2, -0.15) is 0 Å². The predicted molar refractivity (Wildman–Crippen MR) is 131 cm³/mol. The first-order chi connectivity index (χ1) is 14.5. The maximum atomic E-state index is 12.6. The SMILES string of the molecule is CC(C=CC1=C(C)CCCC1(C)C)=CC=CC(C)=CC(=O)[C@H](C[N+](C)(C)C)OP(=O)(O)O. The van der Waals surface area contributed by atoms with Gasteiger partial charge in [-0.3, -0.25) is 9.32 Å². The Morgan fingerprint density at radius 1 is 1.19 bits per heavy atom. The number of carbonyl (C=O) groups excluding carboxylic acids is 1.